The highest BCUT2D eigenvalue weighted by molar-refractivity contribution is 5.94. The number of rotatable bonds is 7. The van der Waals surface area contributed by atoms with Gasteiger partial charge >= 0.3 is 0 Å². The minimum atomic E-state index is -0.135. The molecule has 2 amide bonds. The molecule has 0 saturated carbocycles. The number of hydrogen-bond donors (Lipinski definition) is 1. The van der Waals surface area contributed by atoms with Gasteiger partial charge < -0.3 is 19.5 Å². The van der Waals surface area contributed by atoms with E-state index in [0.717, 1.165) is 50.3 Å². The minimum Gasteiger partial charge on any atom is -0.484 e. The molecular weight excluding hydrogens is 418 g/mol. The first kappa shape index (κ1) is 23.3. The second kappa shape index (κ2) is 10.8. The number of carbonyl (C=O) groups excluding carboxylic acids is 2. The van der Waals surface area contributed by atoms with Gasteiger partial charge in [-0.05, 0) is 70.2 Å². The van der Waals surface area contributed by atoms with Crippen molar-refractivity contribution in [2.75, 3.05) is 13.2 Å². The first-order chi connectivity index (χ1) is 16.0. The molecule has 8 nitrogen and oxygen atoms in total. The predicted molar refractivity (Wildman–Crippen MR) is 125 cm³/mol. The van der Waals surface area contributed by atoms with Crippen molar-refractivity contribution in [1.29, 1.82) is 0 Å². The summed E-state index contributed by atoms with van der Waals surface area (Å²) >= 11 is 0. The van der Waals surface area contributed by atoms with Gasteiger partial charge in [0.05, 0.1) is 0 Å². The molecular formula is C25H35N5O3. The van der Waals surface area contributed by atoms with Crippen molar-refractivity contribution in [3.05, 3.63) is 41.5 Å². The third-order valence-corrected chi connectivity index (χ3v) is 6.78. The summed E-state index contributed by atoms with van der Waals surface area (Å²) in [4.78, 5) is 27.1. The Bertz CT molecular complexity index is 945. The van der Waals surface area contributed by atoms with Crippen molar-refractivity contribution >= 4 is 11.8 Å². The Morgan fingerprint density at radius 2 is 1.79 bits per heavy atom. The van der Waals surface area contributed by atoms with Crippen LogP contribution in [-0.4, -0.2) is 56.7 Å². The summed E-state index contributed by atoms with van der Waals surface area (Å²) < 4.78 is 7.91. The smallest absolute Gasteiger partial charge is 0.260 e. The SMILES string of the molecule is CC1CCCC(C)N1C(=O)COc1ccc(C(=O)NCCc2nnc3n2CCCCC3)cc1. The van der Waals surface area contributed by atoms with E-state index in [9.17, 15) is 9.59 Å². The molecule has 0 bridgehead atoms. The number of piperidine rings is 1. The van der Waals surface area contributed by atoms with Crippen molar-refractivity contribution in [1.82, 2.24) is 25.0 Å². The van der Waals surface area contributed by atoms with Crippen molar-refractivity contribution < 1.29 is 14.3 Å². The number of nitrogens with one attached hydrogen (secondary N) is 1. The second-order valence-electron chi connectivity index (χ2n) is 9.24. The van der Waals surface area contributed by atoms with Crippen LogP contribution in [0.4, 0.5) is 0 Å². The van der Waals surface area contributed by atoms with E-state index >= 15 is 0 Å². The highest BCUT2D eigenvalue weighted by Crippen LogP contribution is 2.23. The average molecular weight is 454 g/mol. The Labute approximate surface area is 195 Å². The van der Waals surface area contributed by atoms with Gasteiger partial charge in [-0.15, -0.1) is 10.2 Å². The van der Waals surface area contributed by atoms with Crippen molar-refractivity contribution in [2.24, 2.45) is 0 Å². The van der Waals surface area contributed by atoms with Gasteiger partial charge in [0.15, 0.2) is 6.61 Å². The molecule has 2 atom stereocenters. The molecule has 2 unspecified atom stereocenters. The number of aryl methyl sites for hydroxylation is 1. The zero-order chi connectivity index (χ0) is 23.2. The zero-order valence-corrected chi connectivity index (χ0v) is 19.8. The van der Waals surface area contributed by atoms with Crippen LogP contribution in [0.2, 0.25) is 0 Å². The number of carbonyl (C=O) groups is 2. The van der Waals surface area contributed by atoms with Crippen LogP contribution in [0.5, 0.6) is 5.75 Å². The summed E-state index contributed by atoms with van der Waals surface area (Å²) in [6.45, 7) is 5.68. The largest absolute Gasteiger partial charge is 0.484 e. The maximum absolute atomic E-state index is 12.6. The van der Waals surface area contributed by atoms with E-state index in [0.29, 0.717) is 24.3 Å². The molecule has 2 aromatic rings. The summed E-state index contributed by atoms with van der Waals surface area (Å²) in [6.07, 6.45) is 8.44. The third kappa shape index (κ3) is 5.72. The molecule has 33 heavy (non-hydrogen) atoms. The Hall–Kier alpha value is -2.90. The topological polar surface area (TPSA) is 89.3 Å². The summed E-state index contributed by atoms with van der Waals surface area (Å²) in [5, 5.41) is 11.6. The van der Waals surface area contributed by atoms with Crippen LogP contribution in [0.3, 0.4) is 0 Å². The van der Waals surface area contributed by atoms with Gasteiger partial charge in [-0.2, -0.15) is 0 Å². The standard InChI is InChI=1S/C25H35N5O3/c1-18-7-6-8-19(2)30(18)24(31)17-33-21-12-10-20(11-13-21)25(32)26-15-14-23-28-27-22-9-4-3-5-16-29(22)23/h10-13,18-19H,3-9,14-17H2,1-2H3,(H,26,32). The molecule has 0 radical (unpaired) electrons. The van der Waals surface area contributed by atoms with Gasteiger partial charge in [0, 0.05) is 43.6 Å². The fourth-order valence-electron chi connectivity index (χ4n) is 4.96. The number of ether oxygens (including phenoxy) is 1. The van der Waals surface area contributed by atoms with Crippen LogP contribution >= 0.6 is 0 Å². The number of fused-ring (bicyclic) bond motifs is 1. The Morgan fingerprint density at radius 1 is 1.03 bits per heavy atom. The number of aromatic nitrogens is 3. The second-order valence-corrected chi connectivity index (χ2v) is 9.24. The number of hydrogen-bond acceptors (Lipinski definition) is 5. The molecule has 8 heteroatoms. The quantitative estimate of drug-likeness (QED) is 0.696. The van der Waals surface area contributed by atoms with E-state index < -0.39 is 0 Å². The van der Waals surface area contributed by atoms with Gasteiger partial charge in [0.1, 0.15) is 17.4 Å². The molecule has 0 spiro atoms. The summed E-state index contributed by atoms with van der Waals surface area (Å²) in [7, 11) is 0. The number of nitrogens with zero attached hydrogens (tertiary/aromatic N) is 4. The first-order valence-electron chi connectivity index (χ1n) is 12.3. The van der Waals surface area contributed by atoms with Crippen LogP contribution in [0, 0.1) is 0 Å². The van der Waals surface area contributed by atoms with E-state index in [2.05, 4.69) is 33.9 Å². The van der Waals surface area contributed by atoms with Crippen molar-refractivity contribution in [3.8, 4) is 5.75 Å². The number of benzene rings is 1. The van der Waals surface area contributed by atoms with Gasteiger partial charge in [0.25, 0.3) is 11.8 Å². The highest BCUT2D eigenvalue weighted by atomic mass is 16.5. The Kier molecular flexibility index (Phi) is 7.62. The van der Waals surface area contributed by atoms with Crippen LogP contribution in [0.15, 0.2) is 24.3 Å². The lowest BCUT2D eigenvalue weighted by Crippen LogP contribution is -2.49. The normalized spacial score (nSPS) is 20.6. The molecule has 1 saturated heterocycles. The van der Waals surface area contributed by atoms with Gasteiger partial charge in [-0.3, -0.25) is 9.59 Å². The fourth-order valence-corrected chi connectivity index (χ4v) is 4.96. The van der Waals surface area contributed by atoms with Crippen molar-refractivity contribution in [2.45, 2.75) is 83.8 Å². The summed E-state index contributed by atoms with van der Waals surface area (Å²) in [6, 6.07) is 7.44. The van der Waals surface area contributed by atoms with Crippen LogP contribution < -0.4 is 10.1 Å². The van der Waals surface area contributed by atoms with E-state index in [1.165, 1.54) is 12.8 Å². The molecule has 1 aromatic heterocycles. The zero-order valence-electron chi connectivity index (χ0n) is 19.8. The van der Waals surface area contributed by atoms with E-state index in [1.807, 2.05) is 4.90 Å². The molecule has 178 valence electrons. The maximum Gasteiger partial charge on any atom is 0.260 e. The molecule has 2 aliphatic rings. The third-order valence-electron chi connectivity index (χ3n) is 6.78. The molecule has 2 aliphatic heterocycles. The monoisotopic (exact) mass is 453 g/mol. The molecule has 1 N–H and O–H groups in total. The summed E-state index contributed by atoms with van der Waals surface area (Å²) in [5.74, 6) is 2.47. The van der Waals surface area contributed by atoms with Crippen molar-refractivity contribution in [3.63, 3.8) is 0 Å². The molecule has 0 aliphatic carbocycles. The fraction of sp³-hybridized carbons (Fsp3) is 0.600. The van der Waals surface area contributed by atoms with Gasteiger partial charge in [-0.25, -0.2) is 0 Å². The van der Waals surface area contributed by atoms with Crippen LogP contribution in [0.25, 0.3) is 0 Å². The molecule has 1 aromatic carbocycles. The first-order valence-corrected chi connectivity index (χ1v) is 12.3. The number of amides is 2. The van der Waals surface area contributed by atoms with E-state index in [4.69, 9.17) is 4.74 Å². The molecule has 4 rings (SSSR count). The molecule has 1 fully saturated rings. The van der Waals surface area contributed by atoms with Gasteiger partial charge in [-0.1, -0.05) is 6.42 Å². The highest BCUT2D eigenvalue weighted by Gasteiger charge is 2.29. The number of likely N-dealkylation sites (tertiary alicyclic amines) is 1. The van der Waals surface area contributed by atoms with Crippen LogP contribution in [0.1, 0.15) is 74.4 Å². The predicted octanol–water partition coefficient (Wildman–Crippen LogP) is 3.15. The lowest BCUT2D eigenvalue weighted by molar-refractivity contribution is -0.139. The van der Waals surface area contributed by atoms with E-state index in [-0.39, 0.29) is 30.5 Å². The Morgan fingerprint density at radius 3 is 2.55 bits per heavy atom. The Balaban J connectivity index is 1.24. The average Bonchev–Trinajstić information content (AvgIpc) is 3.03. The van der Waals surface area contributed by atoms with Gasteiger partial charge in [0.2, 0.25) is 0 Å². The maximum atomic E-state index is 12.6. The summed E-state index contributed by atoms with van der Waals surface area (Å²) in [5.41, 5.74) is 0.562. The molecule has 3 heterocycles. The lowest BCUT2D eigenvalue weighted by Gasteiger charge is -2.38. The lowest BCUT2D eigenvalue weighted by atomic mass is 9.97. The minimum absolute atomic E-state index is 0.0166. The van der Waals surface area contributed by atoms with Crippen LogP contribution in [-0.2, 0) is 24.2 Å². The van der Waals surface area contributed by atoms with E-state index in [1.54, 1.807) is 24.3 Å².